The van der Waals surface area contributed by atoms with Crippen LogP contribution in [0.15, 0.2) is 24.3 Å². The van der Waals surface area contributed by atoms with E-state index < -0.39 is 0 Å². The van der Waals surface area contributed by atoms with E-state index in [4.69, 9.17) is 9.47 Å². The minimum atomic E-state index is -0.246. The summed E-state index contributed by atoms with van der Waals surface area (Å²) in [5, 5.41) is 3.12. The molecule has 1 aliphatic rings. The number of carbonyl (C=O) groups is 1. The van der Waals surface area contributed by atoms with E-state index in [-0.39, 0.29) is 18.1 Å². The Hall–Kier alpha value is -1.55. The maximum Gasteiger partial charge on any atom is 0.323 e. The molecule has 3 atom stereocenters. The van der Waals surface area contributed by atoms with Gasteiger partial charge in [0.25, 0.3) is 0 Å². The van der Waals surface area contributed by atoms with Gasteiger partial charge in [0.05, 0.1) is 7.11 Å². The van der Waals surface area contributed by atoms with Gasteiger partial charge in [0, 0.05) is 13.0 Å². The van der Waals surface area contributed by atoms with Gasteiger partial charge in [-0.15, -0.1) is 0 Å². The highest BCUT2D eigenvalue weighted by Gasteiger charge is 2.31. The third-order valence-corrected chi connectivity index (χ3v) is 3.94. The SMILES string of the molecule is CC[C@H](C)c1ccc(O[C@@H]2CN[C@H](C(=O)OC)C2)cc1. The van der Waals surface area contributed by atoms with E-state index in [1.54, 1.807) is 0 Å². The molecule has 4 heteroatoms. The van der Waals surface area contributed by atoms with Crippen LogP contribution in [0.2, 0.25) is 0 Å². The Morgan fingerprint density at radius 3 is 2.70 bits per heavy atom. The largest absolute Gasteiger partial charge is 0.489 e. The second-order valence-electron chi connectivity index (χ2n) is 5.34. The Bertz CT molecular complexity index is 444. The lowest BCUT2D eigenvalue weighted by Crippen LogP contribution is -2.31. The van der Waals surface area contributed by atoms with E-state index >= 15 is 0 Å². The highest BCUT2D eigenvalue weighted by Crippen LogP contribution is 2.23. The van der Waals surface area contributed by atoms with Crippen LogP contribution in [-0.4, -0.2) is 31.8 Å². The number of hydrogen-bond acceptors (Lipinski definition) is 4. The number of carbonyl (C=O) groups excluding carboxylic acids is 1. The standard InChI is InChI=1S/C16H23NO3/c1-4-11(2)12-5-7-13(8-6-12)20-14-9-15(17-10-14)16(18)19-3/h5-8,11,14-15,17H,4,9-10H2,1-3H3/t11-,14-,15-/m0/s1. The molecule has 1 aromatic rings. The van der Waals surface area contributed by atoms with Crippen molar-refractivity contribution in [2.45, 2.75) is 44.8 Å². The Morgan fingerprint density at radius 2 is 2.10 bits per heavy atom. The van der Waals surface area contributed by atoms with Gasteiger partial charge in [-0.05, 0) is 30.0 Å². The van der Waals surface area contributed by atoms with Crippen molar-refractivity contribution in [1.29, 1.82) is 0 Å². The van der Waals surface area contributed by atoms with E-state index in [9.17, 15) is 4.79 Å². The fraction of sp³-hybridized carbons (Fsp3) is 0.562. The predicted molar refractivity (Wildman–Crippen MR) is 78.0 cm³/mol. The zero-order chi connectivity index (χ0) is 14.5. The number of hydrogen-bond donors (Lipinski definition) is 1. The normalized spacial score (nSPS) is 23.4. The number of methoxy groups -OCH3 is 1. The summed E-state index contributed by atoms with van der Waals surface area (Å²) >= 11 is 0. The molecule has 0 unspecified atom stereocenters. The summed E-state index contributed by atoms with van der Waals surface area (Å²) in [5.41, 5.74) is 1.33. The molecule has 0 aliphatic carbocycles. The summed E-state index contributed by atoms with van der Waals surface area (Å²) in [6.07, 6.45) is 1.81. The highest BCUT2D eigenvalue weighted by molar-refractivity contribution is 5.76. The van der Waals surface area contributed by atoms with Crippen molar-refractivity contribution in [3.05, 3.63) is 29.8 Å². The molecule has 2 rings (SSSR count). The zero-order valence-corrected chi connectivity index (χ0v) is 12.4. The van der Waals surface area contributed by atoms with Gasteiger partial charge in [-0.1, -0.05) is 26.0 Å². The lowest BCUT2D eigenvalue weighted by Gasteiger charge is -2.14. The number of esters is 1. The molecular formula is C16H23NO3. The molecule has 0 amide bonds. The number of nitrogens with one attached hydrogen (secondary N) is 1. The average Bonchev–Trinajstić information content (AvgIpc) is 2.95. The van der Waals surface area contributed by atoms with Crippen LogP contribution in [0.4, 0.5) is 0 Å². The molecule has 1 aliphatic heterocycles. The van der Waals surface area contributed by atoms with Gasteiger partial charge in [0.1, 0.15) is 17.9 Å². The van der Waals surface area contributed by atoms with Crippen molar-refractivity contribution < 1.29 is 14.3 Å². The van der Waals surface area contributed by atoms with Crippen LogP contribution in [-0.2, 0) is 9.53 Å². The van der Waals surface area contributed by atoms with Gasteiger partial charge in [0.2, 0.25) is 0 Å². The summed E-state index contributed by atoms with van der Waals surface area (Å²) < 4.78 is 10.6. The maximum absolute atomic E-state index is 11.4. The van der Waals surface area contributed by atoms with Gasteiger partial charge in [0.15, 0.2) is 0 Å². The van der Waals surface area contributed by atoms with Crippen LogP contribution in [0.1, 0.15) is 38.2 Å². The lowest BCUT2D eigenvalue weighted by molar-refractivity contribution is -0.142. The fourth-order valence-corrected chi connectivity index (χ4v) is 2.42. The van der Waals surface area contributed by atoms with Crippen molar-refractivity contribution in [1.82, 2.24) is 5.32 Å². The second-order valence-corrected chi connectivity index (χ2v) is 5.34. The molecule has 20 heavy (non-hydrogen) atoms. The Balaban J connectivity index is 1.90. The maximum atomic E-state index is 11.4. The van der Waals surface area contributed by atoms with Crippen LogP contribution in [0, 0.1) is 0 Å². The first-order valence-electron chi connectivity index (χ1n) is 7.21. The van der Waals surface area contributed by atoms with E-state index in [2.05, 4.69) is 31.3 Å². The fourth-order valence-electron chi connectivity index (χ4n) is 2.42. The van der Waals surface area contributed by atoms with Crippen LogP contribution >= 0.6 is 0 Å². The third-order valence-electron chi connectivity index (χ3n) is 3.94. The van der Waals surface area contributed by atoms with Crippen LogP contribution in [0.25, 0.3) is 0 Å². The molecule has 0 spiro atoms. The van der Waals surface area contributed by atoms with Crippen molar-refractivity contribution >= 4 is 5.97 Å². The molecule has 1 saturated heterocycles. The summed E-state index contributed by atoms with van der Waals surface area (Å²) in [7, 11) is 1.41. The quantitative estimate of drug-likeness (QED) is 0.840. The molecule has 1 fully saturated rings. The second kappa shape index (κ2) is 6.75. The smallest absolute Gasteiger partial charge is 0.323 e. The van der Waals surface area contributed by atoms with Crippen molar-refractivity contribution in [2.24, 2.45) is 0 Å². The molecule has 4 nitrogen and oxygen atoms in total. The Kier molecular flexibility index (Phi) is 5.01. The predicted octanol–water partition coefficient (Wildman–Crippen LogP) is 2.48. The van der Waals surface area contributed by atoms with E-state index in [0.29, 0.717) is 18.9 Å². The number of rotatable bonds is 5. The molecule has 0 bridgehead atoms. The zero-order valence-electron chi connectivity index (χ0n) is 12.4. The van der Waals surface area contributed by atoms with E-state index in [1.807, 2.05) is 12.1 Å². The van der Waals surface area contributed by atoms with Gasteiger partial charge in [-0.25, -0.2) is 0 Å². The van der Waals surface area contributed by atoms with Crippen molar-refractivity contribution in [3.63, 3.8) is 0 Å². The molecule has 1 heterocycles. The first kappa shape index (κ1) is 14.9. The molecule has 0 radical (unpaired) electrons. The van der Waals surface area contributed by atoms with Gasteiger partial charge >= 0.3 is 5.97 Å². The molecule has 1 aromatic carbocycles. The minimum Gasteiger partial charge on any atom is -0.489 e. The summed E-state index contributed by atoms with van der Waals surface area (Å²) in [6, 6.07) is 8.00. The van der Waals surface area contributed by atoms with Gasteiger partial charge in [-0.2, -0.15) is 0 Å². The first-order chi connectivity index (χ1) is 9.63. The van der Waals surface area contributed by atoms with Crippen LogP contribution < -0.4 is 10.1 Å². The van der Waals surface area contributed by atoms with Crippen molar-refractivity contribution in [2.75, 3.05) is 13.7 Å². The number of ether oxygens (including phenoxy) is 2. The van der Waals surface area contributed by atoms with Crippen LogP contribution in [0.3, 0.4) is 0 Å². The van der Waals surface area contributed by atoms with E-state index in [0.717, 1.165) is 12.2 Å². The molecule has 0 saturated carbocycles. The summed E-state index contributed by atoms with van der Waals surface area (Å²) in [5.74, 6) is 1.21. The topological polar surface area (TPSA) is 47.6 Å². The highest BCUT2D eigenvalue weighted by atomic mass is 16.5. The summed E-state index contributed by atoms with van der Waals surface area (Å²) in [4.78, 5) is 11.4. The number of benzene rings is 1. The van der Waals surface area contributed by atoms with Crippen LogP contribution in [0.5, 0.6) is 5.75 Å². The Labute approximate surface area is 120 Å². The summed E-state index contributed by atoms with van der Waals surface area (Å²) in [6.45, 7) is 5.08. The lowest BCUT2D eigenvalue weighted by atomic mass is 9.99. The third kappa shape index (κ3) is 3.51. The van der Waals surface area contributed by atoms with Gasteiger partial charge in [-0.3, -0.25) is 4.79 Å². The minimum absolute atomic E-state index is 0.0218. The molecule has 110 valence electrons. The first-order valence-corrected chi connectivity index (χ1v) is 7.21. The monoisotopic (exact) mass is 277 g/mol. The van der Waals surface area contributed by atoms with Gasteiger partial charge < -0.3 is 14.8 Å². The van der Waals surface area contributed by atoms with E-state index in [1.165, 1.54) is 12.7 Å². The van der Waals surface area contributed by atoms with Crippen molar-refractivity contribution in [3.8, 4) is 5.75 Å². The molecular weight excluding hydrogens is 254 g/mol. The average molecular weight is 277 g/mol. The Morgan fingerprint density at radius 1 is 1.40 bits per heavy atom. The molecule has 0 aromatic heterocycles. The molecule has 1 N–H and O–H groups in total.